The number of rotatable bonds is 3. The van der Waals surface area contributed by atoms with E-state index in [2.05, 4.69) is 15.4 Å². The zero-order valence-corrected chi connectivity index (χ0v) is 14.2. The minimum absolute atomic E-state index is 0.0308. The second-order valence-corrected chi connectivity index (χ2v) is 6.04. The predicted octanol–water partition coefficient (Wildman–Crippen LogP) is 5.11. The maximum atomic E-state index is 14.0. The summed E-state index contributed by atoms with van der Waals surface area (Å²) in [5, 5.41) is 18.3. The van der Waals surface area contributed by atoms with Gasteiger partial charge in [0.15, 0.2) is 5.69 Å². The summed E-state index contributed by atoms with van der Waals surface area (Å²) in [6.07, 6.45) is -10.4. The molecule has 0 spiro atoms. The van der Waals surface area contributed by atoms with E-state index in [1.165, 1.54) is 6.07 Å². The minimum Gasteiger partial charge on any atom is -0.247 e. The summed E-state index contributed by atoms with van der Waals surface area (Å²) >= 11 is 0. The van der Waals surface area contributed by atoms with Gasteiger partial charge in [-0.1, -0.05) is 5.21 Å². The third-order valence-electron chi connectivity index (χ3n) is 4.02. The van der Waals surface area contributed by atoms with E-state index in [4.69, 9.17) is 5.26 Å². The number of nitrogens with zero attached hydrogens (tertiary/aromatic N) is 3. The van der Waals surface area contributed by atoms with E-state index in [-0.39, 0.29) is 22.5 Å². The highest BCUT2D eigenvalue weighted by molar-refractivity contribution is 5.65. The zero-order valence-electron chi connectivity index (χ0n) is 14.2. The van der Waals surface area contributed by atoms with Crippen LogP contribution in [-0.2, 0) is 18.8 Å². The third kappa shape index (κ3) is 4.37. The van der Waals surface area contributed by atoms with Crippen molar-refractivity contribution < 1.29 is 30.7 Å². The Morgan fingerprint density at radius 3 is 2.31 bits per heavy atom. The summed E-state index contributed by atoms with van der Waals surface area (Å²) in [5.74, 6) is -0.857. The molecule has 0 amide bonds. The number of alkyl halides is 6. The Kier molecular flexibility index (Phi) is 5.04. The molecule has 0 aliphatic rings. The van der Waals surface area contributed by atoms with Crippen LogP contribution in [0.2, 0.25) is 0 Å². The molecule has 0 saturated heterocycles. The fourth-order valence-corrected chi connectivity index (χ4v) is 2.81. The number of nitrogens with one attached hydrogen (secondary N) is 1. The maximum absolute atomic E-state index is 14.0. The van der Waals surface area contributed by atoms with Crippen molar-refractivity contribution in [1.29, 1.82) is 5.26 Å². The number of aromatic nitrogens is 3. The molecule has 0 fully saturated rings. The Morgan fingerprint density at radius 1 is 0.966 bits per heavy atom. The topological polar surface area (TPSA) is 65.4 Å². The van der Waals surface area contributed by atoms with Gasteiger partial charge in [0.1, 0.15) is 17.6 Å². The van der Waals surface area contributed by atoms with Gasteiger partial charge in [-0.15, -0.1) is 5.10 Å². The highest BCUT2D eigenvalue weighted by atomic mass is 19.4. The average molecular weight is 414 g/mol. The Morgan fingerprint density at radius 2 is 1.69 bits per heavy atom. The van der Waals surface area contributed by atoms with Gasteiger partial charge < -0.3 is 0 Å². The number of halogens is 7. The fraction of sp³-hybridized carbons (Fsp3) is 0.167. The van der Waals surface area contributed by atoms with Gasteiger partial charge in [-0.05, 0) is 53.9 Å². The summed E-state index contributed by atoms with van der Waals surface area (Å²) in [5.41, 5.74) is -3.28. The fourth-order valence-electron chi connectivity index (χ4n) is 2.81. The molecule has 0 aliphatic heterocycles. The van der Waals surface area contributed by atoms with E-state index in [0.717, 1.165) is 12.1 Å². The largest absolute Gasteiger partial charge is 0.416 e. The van der Waals surface area contributed by atoms with Gasteiger partial charge in [0.25, 0.3) is 0 Å². The number of aromatic amines is 1. The number of benzene rings is 2. The lowest BCUT2D eigenvalue weighted by atomic mass is 9.95. The lowest BCUT2D eigenvalue weighted by Crippen LogP contribution is -2.13. The van der Waals surface area contributed by atoms with Crippen LogP contribution in [0.1, 0.15) is 27.9 Å². The third-order valence-corrected chi connectivity index (χ3v) is 4.02. The standard InChI is InChI=1S/C18H9F7N4/c19-13-5-9(4-11(7-13)16-15(8-26)27-29-28-16)3-10-6-12(17(20,21)22)1-2-14(10)18(23,24)25/h1-2,4-7H,3H2,(H,27,28,29). The molecule has 0 aliphatic carbocycles. The van der Waals surface area contributed by atoms with Crippen molar-refractivity contribution in [3.63, 3.8) is 0 Å². The molecule has 0 unspecified atom stereocenters. The number of H-pyrrole nitrogens is 1. The quantitative estimate of drug-likeness (QED) is 0.606. The smallest absolute Gasteiger partial charge is 0.247 e. The Labute approximate surface area is 158 Å². The molecule has 3 rings (SSSR count). The van der Waals surface area contributed by atoms with Crippen molar-refractivity contribution >= 4 is 0 Å². The molecule has 1 aromatic heterocycles. The Balaban J connectivity index is 2.09. The SMILES string of the molecule is N#Cc1[nH]nnc1-c1cc(F)cc(Cc2cc(C(F)(F)F)ccc2C(F)(F)F)c1. The van der Waals surface area contributed by atoms with E-state index in [1.807, 2.05) is 0 Å². The highest BCUT2D eigenvalue weighted by Crippen LogP contribution is 2.37. The van der Waals surface area contributed by atoms with Gasteiger partial charge in [0, 0.05) is 5.56 Å². The van der Waals surface area contributed by atoms with Crippen molar-refractivity contribution in [3.05, 3.63) is 70.2 Å². The monoisotopic (exact) mass is 414 g/mol. The van der Waals surface area contributed by atoms with Crippen LogP contribution in [0.3, 0.4) is 0 Å². The average Bonchev–Trinajstić information content (AvgIpc) is 3.08. The zero-order chi connectivity index (χ0) is 21.4. The van der Waals surface area contributed by atoms with E-state index in [9.17, 15) is 30.7 Å². The predicted molar refractivity (Wildman–Crippen MR) is 85.7 cm³/mol. The van der Waals surface area contributed by atoms with E-state index < -0.39 is 41.3 Å². The molecule has 1 N–H and O–H groups in total. The first-order valence-corrected chi connectivity index (χ1v) is 7.87. The first kappa shape index (κ1) is 20.3. The van der Waals surface area contributed by atoms with Crippen molar-refractivity contribution in [3.8, 4) is 17.3 Å². The molecule has 0 saturated carbocycles. The van der Waals surface area contributed by atoms with Gasteiger partial charge in [-0.3, -0.25) is 0 Å². The van der Waals surface area contributed by atoms with E-state index in [1.54, 1.807) is 6.07 Å². The lowest BCUT2D eigenvalue weighted by Gasteiger charge is -2.16. The summed E-state index contributed by atoms with van der Waals surface area (Å²) in [6, 6.07) is 5.95. The molecule has 4 nitrogen and oxygen atoms in total. The number of hydrogen-bond donors (Lipinski definition) is 1. The minimum atomic E-state index is -4.89. The van der Waals surface area contributed by atoms with Crippen molar-refractivity contribution in [2.45, 2.75) is 18.8 Å². The molecule has 2 aromatic carbocycles. The first-order valence-electron chi connectivity index (χ1n) is 7.87. The van der Waals surface area contributed by atoms with Gasteiger partial charge in [-0.2, -0.15) is 31.6 Å². The molecule has 0 bridgehead atoms. The van der Waals surface area contributed by atoms with Gasteiger partial charge in [0.2, 0.25) is 0 Å². The second-order valence-electron chi connectivity index (χ2n) is 6.04. The normalized spacial score (nSPS) is 12.1. The van der Waals surface area contributed by atoms with Crippen molar-refractivity contribution in [1.82, 2.24) is 15.4 Å². The van der Waals surface area contributed by atoms with Crippen LogP contribution in [0.4, 0.5) is 30.7 Å². The van der Waals surface area contributed by atoms with Gasteiger partial charge in [0.05, 0.1) is 11.1 Å². The van der Waals surface area contributed by atoms with E-state index >= 15 is 0 Å². The molecule has 0 atom stereocenters. The van der Waals surface area contributed by atoms with Crippen LogP contribution in [0, 0.1) is 17.1 Å². The van der Waals surface area contributed by atoms with Crippen molar-refractivity contribution in [2.24, 2.45) is 0 Å². The van der Waals surface area contributed by atoms with E-state index in [0.29, 0.717) is 18.2 Å². The van der Waals surface area contributed by atoms with Gasteiger partial charge >= 0.3 is 12.4 Å². The maximum Gasteiger partial charge on any atom is 0.416 e. The molecule has 1 heterocycles. The van der Waals surface area contributed by atoms with Gasteiger partial charge in [-0.25, -0.2) is 9.49 Å². The summed E-state index contributed by atoms with van der Waals surface area (Å²) in [4.78, 5) is 0. The molecule has 29 heavy (non-hydrogen) atoms. The highest BCUT2D eigenvalue weighted by Gasteiger charge is 2.36. The molecule has 0 radical (unpaired) electrons. The van der Waals surface area contributed by atoms with Crippen LogP contribution in [0.5, 0.6) is 0 Å². The molecular weight excluding hydrogens is 405 g/mol. The summed E-state index contributed by atoms with van der Waals surface area (Å²) in [6.45, 7) is 0. The lowest BCUT2D eigenvalue weighted by molar-refractivity contribution is -0.141. The summed E-state index contributed by atoms with van der Waals surface area (Å²) < 4.78 is 92.6. The van der Waals surface area contributed by atoms with Crippen molar-refractivity contribution in [2.75, 3.05) is 0 Å². The second kappa shape index (κ2) is 7.20. The molecule has 150 valence electrons. The van der Waals surface area contributed by atoms with Crippen LogP contribution in [0.25, 0.3) is 11.3 Å². The molecular formula is C18H9F7N4. The van der Waals surface area contributed by atoms with Crippen LogP contribution in [0.15, 0.2) is 36.4 Å². The Hall–Kier alpha value is -3.42. The van der Waals surface area contributed by atoms with Crippen LogP contribution in [-0.4, -0.2) is 15.4 Å². The molecule has 11 heteroatoms. The summed E-state index contributed by atoms with van der Waals surface area (Å²) in [7, 11) is 0. The number of hydrogen-bond acceptors (Lipinski definition) is 3. The van der Waals surface area contributed by atoms with Crippen LogP contribution < -0.4 is 0 Å². The number of nitriles is 1. The molecule has 3 aromatic rings. The van der Waals surface area contributed by atoms with Crippen LogP contribution >= 0.6 is 0 Å². The Bertz CT molecular complexity index is 1090. The first-order chi connectivity index (χ1) is 13.5.